The summed E-state index contributed by atoms with van der Waals surface area (Å²) >= 11 is 3.15. The molecular weight excluding hydrogens is 281 g/mol. The molecule has 0 amide bonds. The van der Waals surface area contributed by atoms with Crippen LogP contribution < -0.4 is 15.4 Å². The fourth-order valence-corrected chi connectivity index (χ4v) is 2.05. The summed E-state index contributed by atoms with van der Waals surface area (Å²) in [5, 5.41) is 0. The molecule has 0 unspecified atom stereocenters. The van der Waals surface area contributed by atoms with E-state index in [0.717, 1.165) is 6.42 Å². The molecule has 0 spiro atoms. The predicted molar refractivity (Wildman–Crippen MR) is 58.7 cm³/mol. The SMILES string of the molecule is NOCc1cc2c(c(Br)c1F)OCCCO2. The first kappa shape index (κ1) is 11.6. The summed E-state index contributed by atoms with van der Waals surface area (Å²) in [6.45, 7) is 1.05. The van der Waals surface area contributed by atoms with Gasteiger partial charge in [-0.2, -0.15) is 0 Å². The number of benzene rings is 1. The van der Waals surface area contributed by atoms with Crippen molar-refractivity contribution in [3.63, 3.8) is 0 Å². The largest absolute Gasteiger partial charge is 0.490 e. The van der Waals surface area contributed by atoms with Gasteiger partial charge in [-0.25, -0.2) is 10.3 Å². The fraction of sp³-hybridized carbons (Fsp3) is 0.400. The highest BCUT2D eigenvalue weighted by atomic mass is 79.9. The molecule has 0 fully saturated rings. The van der Waals surface area contributed by atoms with Crippen LogP contribution in [0.25, 0.3) is 0 Å². The highest BCUT2D eigenvalue weighted by Gasteiger charge is 2.20. The standard InChI is InChI=1S/C10H11BrFNO3/c11-8-9(12)6(5-16-13)4-7-10(8)15-3-1-2-14-7/h4H,1-3,5,13H2. The molecule has 88 valence electrons. The summed E-state index contributed by atoms with van der Waals surface area (Å²) in [5.74, 6) is 5.41. The van der Waals surface area contributed by atoms with Crippen molar-refractivity contribution in [3.8, 4) is 11.5 Å². The number of fused-ring (bicyclic) bond motifs is 1. The predicted octanol–water partition coefficient (Wildman–Crippen LogP) is 2.14. The summed E-state index contributed by atoms with van der Waals surface area (Å²) < 4.78 is 24.9. The fourth-order valence-electron chi connectivity index (χ4n) is 1.49. The first-order valence-electron chi connectivity index (χ1n) is 4.82. The normalized spacial score (nSPS) is 14.7. The molecule has 1 aromatic carbocycles. The summed E-state index contributed by atoms with van der Waals surface area (Å²) in [6.07, 6.45) is 0.769. The van der Waals surface area contributed by atoms with E-state index in [2.05, 4.69) is 20.8 Å². The highest BCUT2D eigenvalue weighted by Crippen LogP contribution is 2.40. The number of hydrogen-bond donors (Lipinski definition) is 1. The second kappa shape index (κ2) is 4.99. The summed E-state index contributed by atoms with van der Waals surface area (Å²) in [7, 11) is 0. The maximum absolute atomic E-state index is 13.8. The Morgan fingerprint density at radius 2 is 2.19 bits per heavy atom. The first-order chi connectivity index (χ1) is 7.74. The topological polar surface area (TPSA) is 53.7 Å². The van der Waals surface area contributed by atoms with Gasteiger partial charge in [0.15, 0.2) is 11.5 Å². The Morgan fingerprint density at radius 1 is 1.44 bits per heavy atom. The minimum atomic E-state index is -0.435. The van der Waals surface area contributed by atoms with E-state index >= 15 is 0 Å². The van der Waals surface area contributed by atoms with Crippen molar-refractivity contribution in [3.05, 3.63) is 21.9 Å². The number of rotatable bonds is 2. The second-order valence-electron chi connectivity index (χ2n) is 3.35. The quantitative estimate of drug-likeness (QED) is 0.849. The Bertz CT molecular complexity index is 400. The van der Waals surface area contributed by atoms with Crippen LogP contribution in [0.4, 0.5) is 4.39 Å². The van der Waals surface area contributed by atoms with Gasteiger partial charge in [-0.15, -0.1) is 0 Å². The van der Waals surface area contributed by atoms with Gasteiger partial charge in [0.2, 0.25) is 0 Å². The molecule has 1 heterocycles. The molecule has 2 N–H and O–H groups in total. The van der Waals surface area contributed by atoms with Crippen LogP contribution in [0.15, 0.2) is 10.5 Å². The Hall–Kier alpha value is -0.850. The molecule has 0 radical (unpaired) electrons. The van der Waals surface area contributed by atoms with Gasteiger partial charge >= 0.3 is 0 Å². The third kappa shape index (κ3) is 2.14. The maximum Gasteiger partial charge on any atom is 0.178 e. The second-order valence-corrected chi connectivity index (χ2v) is 4.15. The van der Waals surface area contributed by atoms with Crippen molar-refractivity contribution in [1.29, 1.82) is 0 Å². The lowest BCUT2D eigenvalue weighted by atomic mass is 10.2. The molecule has 6 heteroatoms. The van der Waals surface area contributed by atoms with E-state index in [4.69, 9.17) is 15.4 Å². The lowest BCUT2D eigenvalue weighted by molar-refractivity contribution is 0.121. The van der Waals surface area contributed by atoms with Gasteiger partial charge in [0.05, 0.1) is 24.3 Å². The van der Waals surface area contributed by atoms with Crippen molar-refractivity contribution in [1.82, 2.24) is 0 Å². The van der Waals surface area contributed by atoms with Gasteiger partial charge in [-0.1, -0.05) is 0 Å². The van der Waals surface area contributed by atoms with E-state index < -0.39 is 5.82 Å². The molecule has 0 atom stereocenters. The zero-order chi connectivity index (χ0) is 11.5. The van der Waals surface area contributed by atoms with Gasteiger partial charge in [-0.3, -0.25) is 4.84 Å². The first-order valence-corrected chi connectivity index (χ1v) is 5.61. The van der Waals surface area contributed by atoms with Crippen LogP contribution in [0.1, 0.15) is 12.0 Å². The lowest BCUT2D eigenvalue weighted by Crippen LogP contribution is -2.03. The molecule has 16 heavy (non-hydrogen) atoms. The van der Waals surface area contributed by atoms with Crippen LogP contribution in [0.5, 0.6) is 11.5 Å². The average molecular weight is 292 g/mol. The van der Waals surface area contributed by atoms with Crippen LogP contribution >= 0.6 is 15.9 Å². The summed E-state index contributed by atoms with van der Waals surface area (Å²) in [6, 6.07) is 1.55. The average Bonchev–Trinajstić information content (AvgIpc) is 2.51. The Labute approximate surface area is 101 Å². The number of nitrogens with two attached hydrogens (primary N) is 1. The number of ether oxygens (including phenoxy) is 2. The highest BCUT2D eigenvalue weighted by molar-refractivity contribution is 9.10. The monoisotopic (exact) mass is 291 g/mol. The van der Waals surface area contributed by atoms with Gasteiger partial charge in [-0.05, 0) is 22.0 Å². The van der Waals surface area contributed by atoms with Crippen LogP contribution in [0, 0.1) is 5.82 Å². The maximum atomic E-state index is 13.8. The van der Waals surface area contributed by atoms with E-state index in [1.165, 1.54) is 0 Å². The van der Waals surface area contributed by atoms with E-state index in [9.17, 15) is 4.39 Å². The lowest BCUT2D eigenvalue weighted by Gasteiger charge is -2.12. The van der Waals surface area contributed by atoms with Crippen molar-refractivity contribution in [2.75, 3.05) is 13.2 Å². The molecular formula is C10H11BrFNO3. The van der Waals surface area contributed by atoms with Crippen molar-refractivity contribution in [2.45, 2.75) is 13.0 Å². The third-order valence-corrected chi connectivity index (χ3v) is 2.94. The molecule has 0 saturated heterocycles. The van der Waals surface area contributed by atoms with Crippen LogP contribution in [-0.4, -0.2) is 13.2 Å². The molecule has 0 aliphatic carbocycles. The Balaban J connectivity index is 2.46. The third-order valence-electron chi connectivity index (χ3n) is 2.23. The van der Waals surface area contributed by atoms with Crippen LogP contribution in [0.2, 0.25) is 0 Å². The molecule has 1 aliphatic heterocycles. The van der Waals surface area contributed by atoms with Crippen LogP contribution in [0.3, 0.4) is 0 Å². The molecule has 0 bridgehead atoms. The zero-order valence-electron chi connectivity index (χ0n) is 8.46. The molecule has 2 rings (SSSR count). The molecule has 1 aromatic rings. The van der Waals surface area contributed by atoms with Crippen molar-refractivity contribution in [2.24, 2.45) is 5.90 Å². The zero-order valence-corrected chi connectivity index (χ0v) is 10.0. The van der Waals surface area contributed by atoms with E-state index in [1.807, 2.05) is 0 Å². The smallest absolute Gasteiger partial charge is 0.178 e. The van der Waals surface area contributed by atoms with Crippen molar-refractivity contribution < 1.29 is 18.7 Å². The molecule has 4 nitrogen and oxygen atoms in total. The van der Waals surface area contributed by atoms with E-state index in [0.29, 0.717) is 30.3 Å². The summed E-state index contributed by atoms with van der Waals surface area (Å²) in [5.41, 5.74) is 0.332. The minimum absolute atomic E-state index is 0.0128. The Kier molecular flexibility index (Phi) is 3.63. The Morgan fingerprint density at radius 3 is 2.94 bits per heavy atom. The van der Waals surface area contributed by atoms with Crippen molar-refractivity contribution >= 4 is 15.9 Å². The molecule has 0 aromatic heterocycles. The van der Waals surface area contributed by atoms with Gasteiger partial charge in [0.25, 0.3) is 0 Å². The minimum Gasteiger partial charge on any atom is -0.490 e. The number of hydrogen-bond acceptors (Lipinski definition) is 4. The van der Waals surface area contributed by atoms with Gasteiger partial charge in [0, 0.05) is 12.0 Å². The number of halogens is 2. The molecule has 0 saturated carbocycles. The van der Waals surface area contributed by atoms with Gasteiger partial charge < -0.3 is 9.47 Å². The van der Waals surface area contributed by atoms with E-state index in [1.54, 1.807) is 6.07 Å². The summed E-state index contributed by atoms with van der Waals surface area (Å²) in [4.78, 5) is 4.43. The van der Waals surface area contributed by atoms with Gasteiger partial charge in [0.1, 0.15) is 5.82 Å². The van der Waals surface area contributed by atoms with Crippen LogP contribution in [-0.2, 0) is 11.4 Å². The van der Waals surface area contributed by atoms with E-state index in [-0.39, 0.29) is 11.1 Å². The molecule has 1 aliphatic rings.